The van der Waals surface area contributed by atoms with E-state index in [1.165, 1.54) is 5.00 Å². The van der Waals surface area contributed by atoms with E-state index in [-0.39, 0.29) is 0 Å². The molecule has 1 unspecified atom stereocenters. The number of thiophene rings is 1. The van der Waals surface area contributed by atoms with Gasteiger partial charge in [0.15, 0.2) is 5.96 Å². The van der Waals surface area contributed by atoms with E-state index in [4.69, 9.17) is 4.99 Å². The Morgan fingerprint density at radius 1 is 1.32 bits per heavy atom. The predicted octanol–water partition coefficient (Wildman–Crippen LogP) is 2.37. The lowest BCUT2D eigenvalue weighted by Crippen LogP contribution is -2.52. The van der Waals surface area contributed by atoms with Gasteiger partial charge in [-0.3, -0.25) is 9.67 Å². The summed E-state index contributed by atoms with van der Waals surface area (Å²) in [5.41, 5.74) is 0. The van der Waals surface area contributed by atoms with E-state index in [0.29, 0.717) is 5.92 Å². The van der Waals surface area contributed by atoms with Gasteiger partial charge < -0.3 is 15.1 Å². The van der Waals surface area contributed by atoms with Crippen molar-refractivity contribution in [1.82, 2.24) is 20.0 Å². The maximum Gasteiger partial charge on any atom is 0.194 e. The van der Waals surface area contributed by atoms with E-state index in [9.17, 15) is 0 Å². The van der Waals surface area contributed by atoms with Crippen molar-refractivity contribution in [1.29, 1.82) is 0 Å². The van der Waals surface area contributed by atoms with Crippen molar-refractivity contribution in [2.45, 2.75) is 20.4 Å². The molecule has 0 radical (unpaired) electrons. The summed E-state index contributed by atoms with van der Waals surface area (Å²) in [7, 11) is 0. The van der Waals surface area contributed by atoms with Crippen molar-refractivity contribution in [2.75, 3.05) is 44.2 Å². The van der Waals surface area contributed by atoms with Gasteiger partial charge in [0, 0.05) is 58.2 Å². The molecule has 0 aromatic carbocycles. The molecule has 2 aromatic heterocycles. The third-order valence-electron chi connectivity index (χ3n) is 4.34. The third-order valence-corrected chi connectivity index (χ3v) is 5.27. The number of rotatable bonds is 6. The summed E-state index contributed by atoms with van der Waals surface area (Å²) < 4.78 is 1.98. The number of nitrogens with zero attached hydrogens (tertiary/aromatic N) is 5. The molecule has 1 aliphatic heterocycles. The summed E-state index contributed by atoms with van der Waals surface area (Å²) in [6.45, 7) is 11.1. The largest absolute Gasteiger partial charge is 0.360 e. The molecule has 1 atom stereocenters. The molecule has 0 amide bonds. The van der Waals surface area contributed by atoms with Crippen LogP contribution in [0.15, 0.2) is 41.0 Å². The number of hydrogen-bond acceptors (Lipinski definition) is 4. The molecule has 25 heavy (non-hydrogen) atoms. The van der Waals surface area contributed by atoms with Gasteiger partial charge in [0.2, 0.25) is 0 Å². The lowest BCUT2D eigenvalue weighted by Gasteiger charge is -2.37. The molecule has 0 saturated carbocycles. The van der Waals surface area contributed by atoms with Gasteiger partial charge in [-0.15, -0.1) is 11.3 Å². The maximum absolute atomic E-state index is 4.88. The first-order chi connectivity index (χ1) is 12.3. The van der Waals surface area contributed by atoms with Crippen LogP contribution in [0, 0.1) is 5.92 Å². The van der Waals surface area contributed by atoms with Crippen molar-refractivity contribution >= 4 is 22.3 Å². The van der Waals surface area contributed by atoms with E-state index < -0.39 is 0 Å². The third kappa shape index (κ3) is 4.98. The first kappa shape index (κ1) is 17.8. The number of anilines is 1. The highest BCUT2D eigenvalue weighted by Crippen LogP contribution is 2.22. The number of guanidine groups is 1. The summed E-state index contributed by atoms with van der Waals surface area (Å²) >= 11 is 1.82. The standard InChI is InChI=1S/C18H28N6S/c1-3-19-18(20-14-16(2)15-24-8-5-7-21-24)23-11-9-22(10-12-23)17-6-4-13-25-17/h4-8,13,16H,3,9-12,14-15H2,1-2H3,(H,19,20). The average Bonchev–Trinajstić information content (AvgIpc) is 3.32. The Balaban J connectivity index is 1.53. The van der Waals surface area contributed by atoms with Gasteiger partial charge in [0.25, 0.3) is 0 Å². The molecule has 3 rings (SSSR count). The average molecular weight is 361 g/mol. The van der Waals surface area contributed by atoms with Gasteiger partial charge in [-0.25, -0.2) is 0 Å². The fourth-order valence-electron chi connectivity index (χ4n) is 3.04. The number of hydrogen-bond donors (Lipinski definition) is 1. The van der Waals surface area contributed by atoms with Crippen LogP contribution in [-0.2, 0) is 6.54 Å². The van der Waals surface area contributed by atoms with Crippen molar-refractivity contribution in [2.24, 2.45) is 10.9 Å². The minimum Gasteiger partial charge on any atom is -0.360 e. The monoisotopic (exact) mass is 360 g/mol. The zero-order chi connectivity index (χ0) is 17.5. The van der Waals surface area contributed by atoms with E-state index in [0.717, 1.165) is 51.8 Å². The molecule has 2 aromatic rings. The van der Waals surface area contributed by atoms with Crippen LogP contribution in [0.25, 0.3) is 0 Å². The second-order valence-corrected chi connectivity index (χ2v) is 7.38. The molecular weight excluding hydrogens is 332 g/mol. The van der Waals surface area contributed by atoms with Crippen LogP contribution in [0.3, 0.4) is 0 Å². The van der Waals surface area contributed by atoms with Gasteiger partial charge in [0.05, 0.1) is 5.00 Å². The smallest absolute Gasteiger partial charge is 0.194 e. The van der Waals surface area contributed by atoms with Crippen LogP contribution in [0.1, 0.15) is 13.8 Å². The molecule has 0 bridgehead atoms. The normalized spacial score (nSPS) is 17.0. The predicted molar refractivity (Wildman–Crippen MR) is 105 cm³/mol. The van der Waals surface area contributed by atoms with E-state index >= 15 is 0 Å². The lowest BCUT2D eigenvalue weighted by atomic mass is 10.2. The quantitative estimate of drug-likeness (QED) is 0.635. The second-order valence-electron chi connectivity index (χ2n) is 6.45. The van der Waals surface area contributed by atoms with E-state index in [1.54, 1.807) is 0 Å². The van der Waals surface area contributed by atoms with Gasteiger partial charge in [-0.2, -0.15) is 5.10 Å². The van der Waals surface area contributed by atoms with Crippen molar-refractivity contribution in [3.63, 3.8) is 0 Å². The molecule has 1 fully saturated rings. The highest BCUT2D eigenvalue weighted by molar-refractivity contribution is 7.14. The summed E-state index contributed by atoms with van der Waals surface area (Å²) in [5, 5.41) is 11.3. The Kier molecular flexibility index (Phi) is 6.33. The molecule has 3 heterocycles. The fourth-order valence-corrected chi connectivity index (χ4v) is 3.83. The van der Waals surface area contributed by atoms with Crippen LogP contribution in [0.4, 0.5) is 5.00 Å². The van der Waals surface area contributed by atoms with E-state index in [2.05, 4.69) is 51.6 Å². The van der Waals surface area contributed by atoms with E-state index in [1.807, 2.05) is 34.5 Å². The van der Waals surface area contributed by atoms with Crippen LogP contribution >= 0.6 is 11.3 Å². The minimum absolute atomic E-state index is 0.459. The number of aromatic nitrogens is 2. The SMILES string of the molecule is CCNC(=NCC(C)Cn1cccn1)N1CCN(c2cccs2)CC1. The maximum atomic E-state index is 4.88. The number of nitrogens with one attached hydrogen (secondary N) is 1. The molecule has 0 aliphatic carbocycles. The zero-order valence-electron chi connectivity index (χ0n) is 15.1. The molecule has 1 saturated heterocycles. The Hall–Kier alpha value is -2.02. The summed E-state index contributed by atoms with van der Waals surface area (Å²) in [5.74, 6) is 1.50. The van der Waals surface area contributed by atoms with Gasteiger partial charge >= 0.3 is 0 Å². The van der Waals surface area contributed by atoms with Crippen molar-refractivity contribution in [3.05, 3.63) is 36.0 Å². The summed E-state index contributed by atoms with van der Waals surface area (Å²) in [6.07, 6.45) is 3.84. The molecule has 6 nitrogen and oxygen atoms in total. The van der Waals surface area contributed by atoms with Crippen LogP contribution in [-0.4, -0.2) is 59.9 Å². The highest BCUT2D eigenvalue weighted by atomic mass is 32.1. The Morgan fingerprint density at radius 2 is 2.16 bits per heavy atom. The van der Waals surface area contributed by atoms with Crippen molar-refractivity contribution < 1.29 is 0 Å². The number of piperazine rings is 1. The lowest BCUT2D eigenvalue weighted by molar-refractivity contribution is 0.370. The Labute approximate surface area is 154 Å². The zero-order valence-corrected chi connectivity index (χ0v) is 16.0. The molecule has 1 N–H and O–H groups in total. The molecule has 1 aliphatic rings. The van der Waals surface area contributed by atoms with Crippen LogP contribution < -0.4 is 10.2 Å². The molecule has 136 valence electrons. The molecule has 0 spiro atoms. The minimum atomic E-state index is 0.459. The van der Waals surface area contributed by atoms with Crippen LogP contribution in [0.5, 0.6) is 0 Å². The summed E-state index contributed by atoms with van der Waals surface area (Å²) in [4.78, 5) is 9.73. The van der Waals surface area contributed by atoms with Gasteiger partial charge in [-0.05, 0) is 36.4 Å². The second kappa shape index (κ2) is 8.89. The molecule has 7 heteroatoms. The first-order valence-electron chi connectivity index (χ1n) is 9.05. The van der Waals surface area contributed by atoms with Crippen molar-refractivity contribution in [3.8, 4) is 0 Å². The number of aliphatic imine (C=N–C) groups is 1. The Bertz CT molecular complexity index is 629. The highest BCUT2D eigenvalue weighted by Gasteiger charge is 2.20. The fraction of sp³-hybridized carbons (Fsp3) is 0.556. The van der Waals surface area contributed by atoms with Gasteiger partial charge in [-0.1, -0.05) is 6.92 Å². The van der Waals surface area contributed by atoms with Gasteiger partial charge in [0.1, 0.15) is 0 Å². The first-order valence-corrected chi connectivity index (χ1v) is 9.93. The van der Waals surface area contributed by atoms with Crippen LogP contribution in [0.2, 0.25) is 0 Å². The topological polar surface area (TPSA) is 48.7 Å². The summed E-state index contributed by atoms with van der Waals surface area (Å²) in [6, 6.07) is 6.29. The molecular formula is C18H28N6S. The Morgan fingerprint density at radius 3 is 2.80 bits per heavy atom.